The van der Waals surface area contributed by atoms with Gasteiger partial charge in [-0.15, -0.1) is 0 Å². The van der Waals surface area contributed by atoms with Gasteiger partial charge in [0.25, 0.3) is 5.91 Å². The van der Waals surface area contributed by atoms with Crippen LogP contribution in [0.5, 0.6) is 0 Å². The zero-order valence-electron chi connectivity index (χ0n) is 14.7. The molecule has 2 aliphatic heterocycles. The first-order valence-corrected chi connectivity index (χ1v) is 9.60. The summed E-state index contributed by atoms with van der Waals surface area (Å²) in [5, 5.41) is 0.682. The minimum absolute atomic E-state index is 0.0540. The van der Waals surface area contributed by atoms with E-state index < -0.39 is 0 Å². The molecule has 0 aliphatic carbocycles. The summed E-state index contributed by atoms with van der Waals surface area (Å²) in [4.78, 5) is 17.2. The molecule has 2 aromatic rings. The number of rotatable bonds is 3. The van der Waals surface area contributed by atoms with Crippen molar-refractivity contribution in [2.24, 2.45) is 0 Å². The monoisotopic (exact) mass is 370 g/mol. The number of carbonyl (C=O) groups is 1. The number of carbonyl (C=O) groups excluding carboxylic acids is 1. The van der Waals surface area contributed by atoms with Gasteiger partial charge in [0.15, 0.2) is 0 Å². The number of ether oxygens (including phenoxy) is 1. The van der Waals surface area contributed by atoms with Gasteiger partial charge in [-0.3, -0.25) is 4.79 Å². The van der Waals surface area contributed by atoms with E-state index >= 15 is 0 Å². The molecule has 0 radical (unpaired) electrons. The van der Waals surface area contributed by atoms with Gasteiger partial charge in [0.05, 0.1) is 13.2 Å². The van der Waals surface area contributed by atoms with Crippen molar-refractivity contribution in [1.82, 2.24) is 4.90 Å². The van der Waals surface area contributed by atoms with Crippen molar-refractivity contribution in [3.63, 3.8) is 0 Å². The maximum atomic E-state index is 12.9. The smallest absolute Gasteiger partial charge is 0.254 e. The summed E-state index contributed by atoms with van der Waals surface area (Å²) in [6.07, 6.45) is 2.32. The Morgan fingerprint density at radius 3 is 2.46 bits per heavy atom. The van der Waals surface area contributed by atoms with Crippen molar-refractivity contribution in [2.45, 2.75) is 18.9 Å². The molecule has 4 rings (SSSR count). The van der Waals surface area contributed by atoms with Crippen LogP contribution in [0.3, 0.4) is 0 Å². The molecule has 1 atom stereocenters. The first kappa shape index (κ1) is 17.4. The van der Waals surface area contributed by atoms with Crippen LogP contribution < -0.4 is 4.90 Å². The second kappa shape index (κ2) is 7.68. The molecule has 0 aromatic heterocycles. The maximum Gasteiger partial charge on any atom is 0.254 e. The van der Waals surface area contributed by atoms with Gasteiger partial charge in [-0.2, -0.15) is 0 Å². The Bertz CT molecular complexity index is 772. The van der Waals surface area contributed by atoms with Crippen molar-refractivity contribution >= 4 is 23.2 Å². The van der Waals surface area contributed by atoms with Crippen LogP contribution in [0.2, 0.25) is 5.02 Å². The Kier molecular flexibility index (Phi) is 5.14. The summed E-state index contributed by atoms with van der Waals surface area (Å²) < 4.78 is 5.86. The van der Waals surface area contributed by atoms with Gasteiger partial charge in [0, 0.05) is 41.5 Å². The normalized spacial score (nSPS) is 20.4. The topological polar surface area (TPSA) is 32.8 Å². The quantitative estimate of drug-likeness (QED) is 0.813. The van der Waals surface area contributed by atoms with Gasteiger partial charge in [0.1, 0.15) is 6.10 Å². The average Bonchev–Trinajstić information content (AvgIpc) is 3.23. The van der Waals surface area contributed by atoms with Crippen LogP contribution in [0.4, 0.5) is 5.69 Å². The van der Waals surface area contributed by atoms with Crippen LogP contribution in [-0.4, -0.2) is 43.6 Å². The van der Waals surface area contributed by atoms with Gasteiger partial charge in [-0.05, 0) is 43.2 Å². The van der Waals surface area contributed by atoms with E-state index in [1.807, 2.05) is 41.3 Å². The second-order valence-corrected chi connectivity index (χ2v) is 7.28. The van der Waals surface area contributed by atoms with E-state index in [1.54, 1.807) is 0 Å². The van der Waals surface area contributed by atoms with Gasteiger partial charge >= 0.3 is 0 Å². The molecule has 0 spiro atoms. The molecule has 1 unspecified atom stereocenters. The third kappa shape index (κ3) is 3.57. The van der Waals surface area contributed by atoms with Crippen LogP contribution >= 0.6 is 11.6 Å². The Hall–Kier alpha value is -2.04. The van der Waals surface area contributed by atoms with E-state index in [4.69, 9.17) is 16.3 Å². The molecule has 2 aliphatic rings. The molecule has 0 saturated carbocycles. The average molecular weight is 371 g/mol. The van der Waals surface area contributed by atoms with E-state index in [-0.39, 0.29) is 12.0 Å². The lowest BCUT2D eigenvalue weighted by Gasteiger charge is -2.33. The number of anilines is 1. The fourth-order valence-corrected chi connectivity index (χ4v) is 3.99. The molecule has 136 valence electrons. The number of hydrogen-bond donors (Lipinski definition) is 0. The zero-order chi connectivity index (χ0) is 17.9. The summed E-state index contributed by atoms with van der Waals surface area (Å²) in [5.74, 6) is 0.0540. The van der Waals surface area contributed by atoms with E-state index in [1.165, 1.54) is 18.5 Å². The minimum Gasteiger partial charge on any atom is -0.372 e. The Morgan fingerprint density at radius 1 is 1.00 bits per heavy atom. The number of halogens is 1. The third-order valence-electron chi connectivity index (χ3n) is 5.19. The molecule has 4 nitrogen and oxygen atoms in total. The van der Waals surface area contributed by atoms with E-state index in [2.05, 4.69) is 17.0 Å². The predicted octanol–water partition coefficient (Wildman–Crippen LogP) is 4.15. The molecular formula is C21H23ClN2O2. The molecule has 2 heterocycles. The maximum absolute atomic E-state index is 12.9. The van der Waals surface area contributed by atoms with Crippen LogP contribution in [0.25, 0.3) is 0 Å². The Labute approximate surface area is 159 Å². The summed E-state index contributed by atoms with van der Waals surface area (Å²) >= 11 is 6.29. The van der Waals surface area contributed by atoms with Gasteiger partial charge in [0.2, 0.25) is 0 Å². The molecule has 26 heavy (non-hydrogen) atoms. The van der Waals surface area contributed by atoms with Crippen molar-refractivity contribution < 1.29 is 9.53 Å². The second-order valence-electron chi connectivity index (χ2n) is 6.87. The van der Waals surface area contributed by atoms with Crippen LogP contribution in [0.15, 0.2) is 48.5 Å². The molecular weight excluding hydrogens is 348 g/mol. The lowest BCUT2D eigenvalue weighted by molar-refractivity contribution is -0.0227. The highest BCUT2D eigenvalue weighted by Gasteiger charge is 2.27. The standard InChI is InChI=1S/C21H23ClN2O2/c22-19-6-2-1-5-18(19)20-15-24(13-14-26-20)21(25)16-7-9-17(10-8-16)23-11-3-4-12-23/h1-2,5-10,20H,3-4,11-15H2. The van der Waals surface area contributed by atoms with Crippen molar-refractivity contribution in [3.8, 4) is 0 Å². The van der Waals surface area contributed by atoms with E-state index in [9.17, 15) is 4.79 Å². The Morgan fingerprint density at radius 2 is 1.73 bits per heavy atom. The van der Waals surface area contributed by atoms with Crippen molar-refractivity contribution in [2.75, 3.05) is 37.7 Å². The van der Waals surface area contributed by atoms with Crippen LogP contribution in [-0.2, 0) is 4.74 Å². The number of amides is 1. The summed E-state index contributed by atoms with van der Waals surface area (Å²) in [6.45, 7) is 3.87. The van der Waals surface area contributed by atoms with E-state index in [0.717, 1.165) is 24.2 Å². The molecule has 2 saturated heterocycles. The number of hydrogen-bond acceptors (Lipinski definition) is 3. The SMILES string of the molecule is O=C(c1ccc(N2CCCC2)cc1)N1CCOC(c2ccccc2Cl)C1. The highest BCUT2D eigenvalue weighted by atomic mass is 35.5. The van der Waals surface area contributed by atoms with Crippen molar-refractivity contribution in [1.29, 1.82) is 0 Å². The largest absolute Gasteiger partial charge is 0.372 e. The molecule has 1 amide bonds. The summed E-state index contributed by atoms with van der Waals surface area (Å²) in [6, 6.07) is 15.7. The lowest BCUT2D eigenvalue weighted by atomic mass is 10.1. The molecule has 0 bridgehead atoms. The number of morpholine rings is 1. The molecule has 5 heteroatoms. The highest BCUT2D eigenvalue weighted by molar-refractivity contribution is 6.31. The predicted molar refractivity (Wildman–Crippen MR) is 104 cm³/mol. The van der Waals surface area contributed by atoms with Crippen LogP contribution in [0, 0.1) is 0 Å². The fraction of sp³-hybridized carbons (Fsp3) is 0.381. The Balaban J connectivity index is 1.46. The first-order chi connectivity index (χ1) is 12.7. The number of benzene rings is 2. The molecule has 0 N–H and O–H groups in total. The van der Waals surface area contributed by atoms with Gasteiger partial charge in [-0.25, -0.2) is 0 Å². The first-order valence-electron chi connectivity index (χ1n) is 9.23. The van der Waals surface area contributed by atoms with Crippen molar-refractivity contribution in [3.05, 3.63) is 64.7 Å². The molecule has 2 aromatic carbocycles. The van der Waals surface area contributed by atoms with Crippen LogP contribution in [0.1, 0.15) is 34.9 Å². The summed E-state index contributed by atoms with van der Waals surface area (Å²) in [5.41, 5.74) is 2.87. The third-order valence-corrected chi connectivity index (χ3v) is 5.54. The van der Waals surface area contributed by atoms with E-state index in [0.29, 0.717) is 24.7 Å². The van der Waals surface area contributed by atoms with Gasteiger partial charge in [-0.1, -0.05) is 29.8 Å². The molecule has 2 fully saturated rings. The highest BCUT2D eigenvalue weighted by Crippen LogP contribution is 2.29. The minimum atomic E-state index is -0.176. The van der Waals surface area contributed by atoms with Gasteiger partial charge < -0.3 is 14.5 Å². The summed E-state index contributed by atoms with van der Waals surface area (Å²) in [7, 11) is 0. The number of nitrogens with zero attached hydrogens (tertiary/aromatic N) is 2. The lowest BCUT2D eigenvalue weighted by Crippen LogP contribution is -2.42. The fourth-order valence-electron chi connectivity index (χ4n) is 3.73. The zero-order valence-corrected chi connectivity index (χ0v) is 15.5.